The number of hydrogen-bond donors (Lipinski definition) is 16. The molecule has 0 spiro atoms. The van der Waals surface area contributed by atoms with E-state index in [0.29, 0.717) is 64.3 Å². The molecule has 3 aliphatic rings. The molecule has 3 saturated heterocycles. The van der Waals surface area contributed by atoms with Crippen LogP contribution in [-0.4, -0.2) is 294 Å². The first-order chi connectivity index (χ1) is 64.1. The number of aromatic nitrogens is 1. The third-order valence-corrected chi connectivity index (χ3v) is 24.8. The topological polar surface area (TPSA) is 563 Å². The maximum atomic E-state index is 15.7. The number of hydrogen-bond acceptors (Lipinski definition) is 21. The Morgan fingerprint density at radius 2 is 1.10 bits per heavy atom. The van der Waals surface area contributed by atoms with Crippen LogP contribution >= 0.6 is 11.8 Å². The second-order valence-electron chi connectivity index (χ2n) is 34.0. The van der Waals surface area contributed by atoms with Crippen molar-refractivity contribution in [3.05, 3.63) is 173 Å². The third kappa shape index (κ3) is 29.2. The number of benzene rings is 5. The monoisotopic (exact) mass is 1900 g/mol. The van der Waals surface area contributed by atoms with E-state index in [1.54, 1.807) is 67.7 Å². The number of carbonyl (C=O) groups is 17. The highest BCUT2D eigenvalue weighted by Crippen LogP contribution is 2.29. The molecule has 0 aliphatic carbocycles. The molecule has 4 heterocycles. The van der Waals surface area contributed by atoms with Crippen LogP contribution < -0.4 is 59.3 Å². The number of thioether (sulfide) groups is 1. The van der Waals surface area contributed by atoms with Crippen LogP contribution in [0, 0.1) is 29.2 Å². The highest BCUT2D eigenvalue weighted by atomic mass is 32.2. The van der Waals surface area contributed by atoms with Crippen molar-refractivity contribution in [3.8, 4) is 5.75 Å². The van der Waals surface area contributed by atoms with Gasteiger partial charge < -0.3 is 109 Å². The lowest BCUT2D eigenvalue weighted by Gasteiger charge is -2.38. The summed E-state index contributed by atoms with van der Waals surface area (Å²) in [7, 11) is 3.44. The summed E-state index contributed by atoms with van der Waals surface area (Å²) in [5.41, 5.74) is 13.0. The predicted molar refractivity (Wildman–Crippen MR) is 481 cm³/mol. The van der Waals surface area contributed by atoms with Gasteiger partial charge in [0.05, 0.1) is 24.8 Å². The highest BCUT2D eigenvalue weighted by Gasteiger charge is 2.48. The van der Waals surface area contributed by atoms with Gasteiger partial charge in [-0.05, 0) is 121 Å². The number of aliphatic hydroxyl groups excluding tert-OH is 1. The fraction of sp³-hybridized carbons (Fsp3) is 0.467. The Balaban J connectivity index is 1.14. The zero-order chi connectivity index (χ0) is 98.8. The van der Waals surface area contributed by atoms with Crippen molar-refractivity contribution in [2.45, 2.75) is 208 Å². The number of nitrogens with two attached hydrogens (primary N) is 2. The van der Waals surface area contributed by atoms with Crippen LogP contribution in [0.15, 0.2) is 121 Å². The minimum atomic E-state index is -2.08. The summed E-state index contributed by atoms with van der Waals surface area (Å²) in [5.74, 6) is -27.9. The number of aromatic hydroxyl groups is 1. The number of carboxylic acids is 2. The molecule has 6 aromatic rings. The quantitative estimate of drug-likeness (QED) is 0.0290. The van der Waals surface area contributed by atoms with Crippen LogP contribution in [0.4, 0.5) is 17.6 Å². The number of carboxylic acid groups (broad SMARTS) is 2. The number of phenols is 1. The van der Waals surface area contributed by atoms with Crippen molar-refractivity contribution in [2.24, 2.45) is 17.4 Å². The summed E-state index contributed by atoms with van der Waals surface area (Å²) in [6, 6.07) is 3.35. The Bertz CT molecular complexity index is 5270. The van der Waals surface area contributed by atoms with Gasteiger partial charge in [-0.25, -0.2) is 17.6 Å². The molecule has 3 aliphatic heterocycles. The molecule has 135 heavy (non-hydrogen) atoms. The van der Waals surface area contributed by atoms with E-state index < -0.39 is 296 Å². The largest absolute Gasteiger partial charge is 0.508 e. The van der Waals surface area contributed by atoms with Gasteiger partial charge in [0.2, 0.25) is 88.6 Å². The molecule has 0 radical (unpaired) electrons. The smallest absolute Gasteiger partial charge is 0.305 e. The Hall–Kier alpha value is -13.6. The molecule has 15 amide bonds. The number of nitrogens with one attached hydrogen (secondary N) is 10. The lowest BCUT2D eigenvalue weighted by molar-refractivity contribution is -0.152. The molecular formula is C92H115F4N17O21S. The van der Waals surface area contributed by atoms with Gasteiger partial charge in [-0.2, -0.15) is 0 Å². The summed E-state index contributed by atoms with van der Waals surface area (Å²) in [5, 5.41) is 65.7. The first kappa shape index (κ1) is 105. The second-order valence-corrected chi connectivity index (χ2v) is 35.1. The maximum Gasteiger partial charge on any atom is 0.305 e. The van der Waals surface area contributed by atoms with E-state index >= 15 is 51.9 Å². The van der Waals surface area contributed by atoms with Crippen molar-refractivity contribution in [1.82, 2.24) is 77.3 Å². The first-order valence-corrected chi connectivity index (χ1v) is 45.3. The van der Waals surface area contributed by atoms with Crippen LogP contribution in [0.25, 0.3) is 10.9 Å². The lowest BCUT2D eigenvalue weighted by atomic mass is 9.97. The molecule has 0 bridgehead atoms. The summed E-state index contributed by atoms with van der Waals surface area (Å²) >= 11 is 0.598. The molecule has 728 valence electrons. The van der Waals surface area contributed by atoms with Crippen LogP contribution in [0.2, 0.25) is 0 Å². The predicted octanol–water partition coefficient (Wildman–Crippen LogP) is 0.528. The van der Waals surface area contributed by atoms with Gasteiger partial charge in [-0.3, -0.25) is 81.5 Å². The average molecular weight is 1900 g/mol. The molecule has 5 aromatic carbocycles. The number of carbonyl (C=O) groups excluding carboxylic acids is 15. The van der Waals surface area contributed by atoms with Gasteiger partial charge in [0, 0.05) is 102 Å². The Labute approximate surface area is 779 Å². The van der Waals surface area contributed by atoms with E-state index in [-0.39, 0.29) is 62.9 Å². The summed E-state index contributed by atoms with van der Waals surface area (Å²) in [6.45, 7) is 2.74. The van der Waals surface area contributed by atoms with Crippen molar-refractivity contribution < 1.29 is 119 Å². The summed E-state index contributed by atoms with van der Waals surface area (Å²) < 4.78 is 59.7. The number of unbranched alkanes of at least 4 members (excludes halogenated alkanes) is 1. The van der Waals surface area contributed by atoms with Crippen LogP contribution in [0.3, 0.4) is 0 Å². The molecule has 9 rings (SSSR count). The van der Waals surface area contributed by atoms with Crippen molar-refractivity contribution in [1.29, 1.82) is 0 Å². The molecule has 18 N–H and O–H groups in total. The molecule has 3 fully saturated rings. The van der Waals surface area contributed by atoms with Gasteiger partial charge in [0.15, 0.2) is 17.5 Å². The summed E-state index contributed by atoms with van der Waals surface area (Å²) in [4.78, 5) is 258. The lowest BCUT2D eigenvalue weighted by Crippen LogP contribution is -2.63. The van der Waals surface area contributed by atoms with Gasteiger partial charge in [0.1, 0.15) is 90.1 Å². The Kier molecular flexibility index (Phi) is 38.5. The first-order valence-electron chi connectivity index (χ1n) is 44.2. The zero-order valence-corrected chi connectivity index (χ0v) is 76.1. The maximum absolute atomic E-state index is 15.7. The molecule has 38 nitrogen and oxygen atoms in total. The van der Waals surface area contributed by atoms with Gasteiger partial charge in [-0.1, -0.05) is 106 Å². The number of halogens is 4. The second kappa shape index (κ2) is 49.4. The van der Waals surface area contributed by atoms with Gasteiger partial charge >= 0.3 is 11.9 Å². The Morgan fingerprint density at radius 3 is 1.75 bits per heavy atom. The normalized spacial score (nSPS) is 24.0. The van der Waals surface area contributed by atoms with Crippen molar-refractivity contribution in [3.63, 3.8) is 0 Å². The zero-order valence-electron chi connectivity index (χ0n) is 75.3. The minimum absolute atomic E-state index is 0.0791. The standard InChI is InChI=1S/C92H115F4N17O21S/c1-7-8-20-70-91(133)113-46-57(115)42-72(113)87(129)106-66(43-77(120)121)84(126)108-79(49(2)3)92(134)110(5)71(39-50-16-10-9-11-17-50)86(128)103-63(30-31-76(118)119)89(131)112-34-15-14-21-69(112)85(127)105-65(41-54-44-99-61-19-13-12-18-58(54)61)83(125)104-64(37-51-24-28-56(114)29-25-51)82(124)102-62(32-33-97)81(123)107-68(80(122)100-45-74(98)116)47-135-48-75(117)101-67(38-53-35-59(94)78(96)60(95)36-53)88(130)111(6)73(90(132)109(70)4)40-52-22-26-55(93)27-23-52/h9-13,16-19,22-29,35-36,44,49,57,62-73,79,99,114-115H,7-8,14-15,20-21,30-34,37-43,45-48,97H2,1-6H3,(H2,98,116)(H,100,122)(H,101,117)(H,102,124)(H,103,128)(H,104,125)(H,105,127)(H,106,129)(H,107,123)(H,108,126)(H,118,119)(H,120,121)/t57-,62-,63-,64-,65+,66-,67-,68-,69+,70-,71-,72+,73-,79+/m0/s1. The number of likely N-dealkylation sites (N-methyl/N-ethyl adjacent to an activating group) is 3. The van der Waals surface area contributed by atoms with E-state index in [0.717, 1.165) is 43.7 Å². The van der Waals surface area contributed by atoms with Crippen molar-refractivity contribution >= 4 is 123 Å². The minimum Gasteiger partial charge on any atom is -0.508 e. The van der Waals surface area contributed by atoms with E-state index in [1.807, 2.05) is 0 Å². The van der Waals surface area contributed by atoms with E-state index in [4.69, 9.17) is 11.5 Å². The number of phenolic OH excluding ortho intramolecular Hbond substituents is 1. The van der Waals surface area contributed by atoms with Crippen LogP contribution in [-0.2, 0) is 114 Å². The number of fused-ring (bicyclic) bond motifs is 3. The Morgan fingerprint density at radius 1 is 0.541 bits per heavy atom. The molecule has 0 saturated carbocycles. The number of rotatable bonds is 24. The SMILES string of the molecule is CCCC[C@H]1C(=O)N2C[C@@H](O)C[C@@H]2C(=O)N[C@@H](CC(=O)O)C(=O)N[C@H](C(C)C)C(=O)N(C)[C@@H](Cc2ccccc2)C(=O)N[C@@H](CCC(=O)O)C(=O)N2CCCC[C@@H]2C(=O)N[C@H](Cc2c[nH]c3ccccc23)C(=O)N[C@@H](Cc2ccc(O)cc2)C(=O)N[C@@H](CCN)C(=O)N[C@H](C(=O)NCC(N)=O)CSCC(=O)N[C@@H](Cc2cc(F)c(F)c(F)c2)C(=O)N(C)[C@@H](Cc2ccc(F)cc2)C(=O)N1C. The number of piperidine rings is 1. The molecule has 1 aromatic heterocycles. The number of H-pyrrole nitrogens is 1. The van der Waals surface area contributed by atoms with Gasteiger partial charge in [-0.15, -0.1) is 11.8 Å². The highest BCUT2D eigenvalue weighted by molar-refractivity contribution is 8.00. The van der Waals surface area contributed by atoms with Crippen molar-refractivity contribution in [2.75, 3.05) is 58.8 Å². The molecular weight excluding hydrogens is 1790 g/mol. The van der Waals surface area contributed by atoms with Crippen LogP contribution in [0.1, 0.15) is 119 Å². The van der Waals surface area contributed by atoms with Crippen LogP contribution in [0.5, 0.6) is 5.75 Å². The molecule has 14 atom stereocenters. The number of para-hydroxylation sites is 1. The number of aromatic amines is 1. The average Bonchev–Trinajstić information content (AvgIpc) is 1.57. The number of primary amides is 1. The third-order valence-electron chi connectivity index (χ3n) is 23.8. The van der Waals surface area contributed by atoms with E-state index in [9.17, 15) is 67.6 Å². The fourth-order valence-electron chi connectivity index (χ4n) is 16.4. The van der Waals surface area contributed by atoms with E-state index in [1.165, 1.54) is 64.3 Å². The van der Waals surface area contributed by atoms with E-state index in [2.05, 4.69) is 52.8 Å². The fourth-order valence-corrected chi connectivity index (χ4v) is 17.2. The number of aliphatic carboxylic acids is 2. The number of nitrogens with zero attached hydrogens (tertiary/aromatic N) is 5. The molecule has 0 unspecified atom stereocenters. The summed E-state index contributed by atoms with van der Waals surface area (Å²) in [6.07, 6.45) is -5.03. The van der Waals surface area contributed by atoms with Gasteiger partial charge in [0.25, 0.3) is 0 Å². The number of aliphatic hydroxyl groups is 1. The number of amides is 15. The molecule has 43 heteroatoms.